The Morgan fingerprint density at radius 3 is 2.58 bits per heavy atom. The maximum absolute atomic E-state index is 11.5. The van der Waals surface area contributed by atoms with Crippen molar-refractivity contribution in [2.45, 2.75) is 20.3 Å². The zero-order valence-corrected chi connectivity index (χ0v) is 11.0. The Kier molecular flexibility index (Phi) is 5.73. The molecular formula is C14H16O5. The molecule has 1 aromatic rings. The van der Waals surface area contributed by atoms with Gasteiger partial charge in [-0.25, -0.2) is 4.79 Å². The van der Waals surface area contributed by atoms with E-state index in [-0.39, 0.29) is 13.2 Å². The van der Waals surface area contributed by atoms with E-state index in [4.69, 9.17) is 4.74 Å². The van der Waals surface area contributed by atoms with Crippen LogP contribution in [0, 0.1) is 6.92 Å². The van der Waals surface area contributed by atoms with Gasteiger partial charge in [0.25, 0.3) is 0 Å². The predicted octanol–water partition coefficient (Wildman–Crippen LogP) is 1.47. The van der Waals surface area contributed by atoms with Crippen molar-refractivity contribution >= 4 is 17.5 Å². The number of rotatable bonds is 7. The van der Waals surface area contributed by atoms with Crippen LogP contribution < -0.4 is 4.74 Å². The minimum absolute atomic E-state index is 0.110. The van der Waals surface area contributed by atoms with E-state index >= 15 is 0 Å². The minimum Gasteiger partial charge on any atom is -0.486 e. The number of hydrogen-bond acceptors (Lipinski definition) is 5. The molecule has 0 saturated carbocycles. The Morgan fingerprint density at radius 2 is 1.95 bits per heavy atom. The Morgan fingerprint density at radius 1 is 1.21 bits per heavy atom. The smallest absolute Gasteiger partial charge is 0.375 e. The number of carbonyl (C=O) groups is 3. The maximum atomic E-state index is 11.5. The molecule has 0 amide bonds. The summed E-state index contributed by atoms with van der Waals surface area (Å²) < 4.78 is 9.74. The van der Waals surface area contributed by atoms with Gasteiger partial charge in [-0.1, -0.05) is 12.1 Å². The second kappa shape index (κ2) is 7.31. The van der Waals surface area contributed by atoms with Crippen molar-refractivity contribution in [3.8, 4) is 5.75 Å². The number of benzene rings is 1. The number of Topliss-reactive ketones (excluding diaryl/α,β-unsaturated/α-hetero) is 2. The first-order chi connectivity index (χ1) is 9.02. The largest absolute Gasteiger partial charge is 0.486 e. The first-order valence-corrected chi connectivity index (χ1v) is 5.94. The fourth-order valence-corrected chi connectivity index (χ4v) is 1.38. The van der Waals surface area contributed by atoms with Crippen LogP contribution in [0.5, 0.6) is 5.75 Å². The van der Waals surface area contributed by atoms with Gasteiger partial charge in [0.1, 0.15) is 12.4 Å². The third-order valence-electron chi connectivity index (χ3n) is 2.25. The number of hydrogen-bond donors (Lipinski definition) is 0. The lowest BCUT2D eigenvalue weighted by Crippen LogP contribution is -2.23. The SMILES string of the molecule is CCOC(=O)C(=O)CC(=O)COc1cccc(C)c1. The van der Waals surface area contributed by atoms with Crippen LogP contribution >= 0.6 is 0 Å². The normalized spacial score (nSPS) is 9.79. The Bertz CT molecular complexity index is 478. The highest BCUT2D eigenvalue weighted by molar-refractivity contribution is 6.37. The van der Waals surface area contributed by atoms with Crippen LogP contribution in [-0.2, 0) is 19.1 Å². The second-order valence-electron chi connectivity index (χ2n) is 3.96. The van der Waals surface area contributed by atoms with Gasteiger partial charge in [0.15, 0.2) is 5.78 Å². The van der Waals surface area contributed by atoms with Gasteiger partial charge in [0.05, 0.1) is 13.0 Å². The summed E-state index contributed by atoms with van der Waals surface area (Å²) in [6.07, 6.45) is -0.495. The van der Waals surface area contributed by atoms with Gasteiger partial charge in [0.2, 0.25) is 5.78 Å². The van der Waals surface area contributed by atoms with E-state index in [0.717, 1.165) is 5.56 Å². The van der Waals surface area contributed by atoms with Crippen LogP contribution in [0.2, 0.25) is 0 Å². The van der Waals surface area contributed by atoms with Crippen molar-refractivity contribution < 1.29 is 23.9 Å². The summed E-state index contributed by atoms with van der Waals surface area (Å²) in [6, 6.07) is 7.20. The van der Waals surface area contributed by atoms with Crippen LogP contribution in [0.1, 0.15) is 18.9 Å². The lowest BCUT2D eigenvalue weighted by molar-refractivity contribution is -0.154. The molecule has 5 nitrogen and oxygen atoms in total. The summed E-state index contributed by atoms with van der Waals surface area (Å²) >= 11 is 0. The average Bonchev–Trinajstić information content (AvgIpc) is 2.36. The number of ketones is 2. The van der Waals surface area contributed by atoms with Crippen molar-refractivity contribution in [3.63, 3.8) is 0 Å². The standard InChI is InChI=1S/C14H16O5/c1-3-18-14(17)13(16)8-11(15)9-19-12-6-4-5-10(2)7-12/h4-7H,3,8-9H2,1-2H3. The molecule has 0 N–H and O–H groups in total. The van der Waals surface area contributed by atoms with Crippen molar-refractivity contribution in [1.82, 2.24) is 0 Å². The van der Waals surface area contributed by atoms with Crippen molar-refractivity contribution in [2.24, 2.45) is 0 Å². The Balaban J connectivity index is 2.40. The highest BCUT2D eigenvalue weighted by Gasteiger charge is 2.19. The van der Waals surface area contributed by atoms with E-state index in [1.165, 1.54) is 0 Å². The summed E-state index contributed by atoms with van der Waals surface area (Å²) in [5, 5.41) is 0. The molecule has 0 heterocycles. The summed E-state index contributed by atoms with van der Waals surface area (Å²) in [7, 11) is 0. The predicted molar refractivity (Wildman–Crippen MR) is 67.9 cm³/mol. The monoisotopic (exact) mass is 264 g/mol. The average molecular weight is 264 g/mol. The molecule has 0 aromatic heterocycles. The fraction of sp³-hybridized carbons (Fsp3) is 0.357. The third kappa shape index (κ3) is 5.33. The van der Waals surface area contributed by atoms with Crippen LogP contribution in [0.4, 0.5) is 0 Å². The molecule has 1 rings (SSSR count). The highest BCUT2D eigenvalue weighted by Crippen LogP contribution is 2.12. The molecule has 0 saturated heterocycles. The molecule has 0 aliphatic heterocycles. The van der Waals surface area contributed by atoms with Crippen LogP contribution in [0.25, 0.3) is 0 Å². The number of aryl methyl sites for hydroxylation is 1. The number of esters is 1. The summed E-state index contributed by atoms with van der Waals surface area (Å²) in [4.78, 5) is 33.8. The van der Waals surface area contributed by atoms with Crippen molar-refractivity contribution in [1.29, 1.82) is 0 Å². The topological polar surface area (TPSA) is 69.7 Å². The highest BCUT2D eigenvalue weighted by atomic mass is 16.5. The lowest BCUT2D eigenvalue weighted by Gasteiger charge is -2.05. The summed E-state index contributed by atoms with van der Waals surface area (Å²) in [6.45, 7) is 3.36. The summed E-state index contributed by atoms with van der Waals surface area (Å²) in [5.41, 5.74) is 1.01. The van der Waals surface area contributed by atoms with Gasteiger partial charge >= 0.3 is 5.97 Å². The van der Waals surface area contributed by atoms with Crippen LogP contribution in [0.15, 0.2) is 24.3 Å². The molecule has 0 aliphatic rings. The first-order valence-electron chi connectivity index (χ1n) is 5.94. The van der Waals surface area contributed by atoms with Gasteiger partial charge in [-0.05, 0) is 31.5 Å². The second-order valence-corrected chi connectivity index (χ2v) is 3.96. The molecule has 0 radical (unpaired) electrons. The number of ether oxygens (including phenoxy) is 2. The number of carbonyl (C=O) groups excluding carboxylic acids is 3. The molecule has 0 aliphatic carbocycles. The maximum Gasteiger partial charge on any atom is 0.375 e. The van der Waals surface area contributed by atoms with Gasteiger partial charge in [-0.15, -0.1) is 0 Å². The molecule has 102 valence electrons. The van der Waals surface area contributed by atoms with Crippen molar-refractivity contribution in [3.05, 3.63) is 29.8 Å². The van der Waals surface area contributed by atoms with Crippen LogP contribution in [-0.4, -0.2) is 30.7 Å². The third-order valence-corrected chi connectivity index (χ3v) is 2.25. The van der Waals surface area contributed by atoms with Gasteiger partial charge in [-0.2, -0.15) is 0 Å². The quantitative estimate of drug-likeness (QED) is 0.423. The van der Waals surface area contributed by atoms with E-state index in [0.29, 0.717) is 5.75 Å². The van der Waals surface area contributed by atoms with Gasteiger partial charge < -0.3 is 9.47 Å². The molecular weight excluding hydrogens is 248 g/mol. The van der Waals surface area contributed by atoms with E-state index in [2.05, 4.69) is 4.74 Å². The summed E-state index contributed by atoms with van der Waals surface area (Å²) in [5.74, 6) is -1.73. The van der Waals surface area contributed by atoms with Crippen LogP contribution in [0.3, 0.4) is 0 Å². The van der Waals surface area contributed by atoms with E-state index in [9.17, 15) is 14.4 Å². The molecule has 1 aromatic carbocycles. The van der Waals surface area contributed by atoms with E-state index < -0.39 is 24.0 Å². The molecule has 19 heavy (non-hydrogen) atoms. The first kappa shape index (κ1) is 14.9. The molecule has 0 atom stereocenters. The molecule has 0 fully saturated rings. The lowest BCUT2D eigenvalue weighted by atomic mass is 10.2. The van der Waals surface area contributed by atoms with Gasteiger partial charge in [0, 0.05) is 0 Å². The van der Waals surface area contributed by atoms with Gasteiger partial charge in [-0.3, -0.25) is 9.59 Å². The molecule has 5 heteroatoms. The Labute approximate surface area is 111 Å². The molecule has 0 unspecified atom stereocenters. The molecule has 0 spiro atoms. The zero-order chi connectivity index (χ0) is 14.3. The minimum atomic E-state index is -0.980. The Hall–Kier alpha value is -2.17. The van der Waals surface area contributed by atoms with Crippen molar-refractivity contribution in [2.75, 3.05) is 13.2 Å². The zero-order valence-electron chi connectivity index (χ0n) is 11.0. The van der Waals surface area contributed by atoms with E-state index in [1.54, 1.807) is 25.1 Å². The van der Waals surface area contributed by atoms with E-state index in [1.807, 2.05) is 13.0 Å². The molecule has 0 bridgehead atoms. The fourth-order valence-electron chi connectivity index (χ4n) is 1.38.